The zero-order valence-electron chi connectivity index (χ0n) is 15.5. The highest BCUT2D eigenvalue weighted by molar-refractivity contribution is 5.87. The van der Waals surface area contributed by atoms with Gasteiger partial charge >= 0.3 is 0 Å². The average molecular weight is 352 g/mol. The Balaban J connectivity index is 1.69. The van der Waals surface area contributed by atoms with Gasteiger partial charge in [-0.3, -0.25) is 9.69 Å². The summed E-state index contributed by atoms with van der Waals surface area (Å²) in [7, 11) is 1.74. The molecule has 1 aliphatic heterocycles. The van der Waals surface area contributed by atoms with E-state index in [4.69, 9.17) is 4.74 Å². The number of carbonyl (C=O) groups is 1. The normalized spacial score (nSPS) is 15.4. The van der Waals surface area contributed by atoms with E-state index in [1.807, 2.05) is 41.3 Å². The van der Waals surface area contributed by atoms with Crippen molar-refractivity contribution in [2.75, 3.05) is 46.4 Å². The summed E-state index contributed by atoms with van der Waals surface area (Å²) in [6.07, 6.45) is 1.04. The molecule has 2 aromatic rings. The summed E-state index contributed by atoms with van der Waals surface area (Å²) in [5.74, 6) is -0.0172. The van der Waals surface area contributed by atoms with Gasteiger partial charge in [0.05, 0.1) is 5.92 Å². The first-order valence-electron chi connectivity index (χ1n) is 9.39. The maximum absolute atomic E-state index is 13.4. The van der Waals surface area contributed by atoms with Crippen molar-refractivity contribution in [1.29, 1.82) is 0 Å². The van der Waals surface area contributed by atoms with Crippen molar-refractivity contribution >= 4 is 5.91 Å². The van der Waals surface area contributed by atoms with Gasteiger partial charge < -0.3 is 9.64 Å². The number of ether oxygens (including phenoxy) is 1. The number of nitrogens with zero attached hydrogens (tertiary/aromatic N) is 2. The van der Waals surface area contributed by atoms with Crippen molar-refractivity contribution in [3.63, 3.8) is 0 Å². The van der Waals surface area contributed by atoms with Crippen LogP contribution in [0.3, 0.4) is 0 Å². The zero-order valence-corrected chi connectivity index (χ0v) is 15.5. The van der Waals surface area contributed by atoms with Crippen molar-refractivity contribution < 1.29 is 9.53 Å². The van der Waals surface area contributed by atoms with Crippen LogP contribution in [0.1, 0.15) is 23.5 Å². The smallest absolute Gasteiger partial charge is 0.234 e. The Hall–Kier alpha value is -2.17. The monoisotopic (exact) mass is 352 g/mol. The summed E-state index contributed by atoms with van der Waals surface area (Å²) in [6, 6.07) is 20.2. The van der Waals surface area contributed by atoms with Gasteiger partial charge in [-0.05, 0) is 17.5 Å². The van der Waals surface area contributed by atoms with Crippen LogP contribution in [0.5, 0.6) is 0 Å². The Labute approximate surface area is 156 Å². The molecule has 0 aromatic heterocycles. The van der Waals surface area contributed by atoms with Gasteiger partial charge in [0.15, 0.2) is 0 Å². The molecule has 0 atom stereocenters. The number of hydrogen-bond acceptors (Lipinski definition) is 3. The highest BCUT2D eigenvalue weighted by Crippen LogP contribution is 2.27. The largest absolute Gasteiger partial charge is 0.385 e. The van der Waals surface area contributed by atoms with Crippen LogP contribution in [0.25, 0.3) is 0 Å². The van der Waals surface area contributed by atoms with Gasteiger partial charge in [-0.2, -0.15) is 0 Å². The molecular formula is C22H28N2O2. The van der Waals surface area contributed by atoms with Crippen molar-refractivity contribution in [2.45, 2.75) is 12.3 Å². The van der Waals surface area contributed by atoms with Gasteiger partial charge in [0.25, 0.3) is 0 Å². The van der Waals surface area contributed by atoms with Gasteiger partial charge in [-0.15, -0.1) is 0 Å². The number of benzene rings is 2. The molecule has 4 heteroatoms. The van der Waals surface area contributed by atoms with E-state index < -0.39 is 0 Å². The lowest BCUT2D eigenvalue weighted by atomic mass is 9.90. The summed E-state index contributed by atoms with van der Waals surface area (Å²) in [4.78, 5) is 17.8. The summed E-state index contributed by atoms with van der Waals surface area (Å²) in [5.41, 5.74) is 2.12. The summed E-state index contributed by atoms with van der Waals surface area (Å²) in [5, 5.41) is 0. The molecule has 1 saturated heterocycles. The number of carbonyl (C=O) groups excluding carboxylic acids is 1. The van der Waals surface area contributed by atoms with E-state index in [-0.39, 0.29) is 11.8 Å². The molecule has 3 rings (SSSR count). The van der Waals surface area contributed by atoms with E-state index in [1.54, 1.807) is 7.11 Å². The Bertz CT molecular complexity index is 628. The Morgan fingerprint density at radius 2 is 1.46 bits per heavy atom. The SMILES string of the molecule is COCCCN1CCN(C(=O)C(c2ccccc2)c2ccccc2)CC1. The predicted molar refractivity (Wildman–Crippen MR) is 104 cm³/mol. The molecule has 1 amide bonds. The van der Waals surface area contributed by atoms with Crippen LogP contribution >= 0.6 is 0 Å². The molecule has 2 aromatic carbocycles. The second kappa shape index (κ2) is 9.51. The number of piperazine rings is 1. The lowest BCUT2D eigenvalue weighted by Gasteiger charge is -2.36. The zero-order chi connectivity index (χ0) is 18.2. The highest BCUT2D eigenvalue weighted by Gasteiger charge is 2.29. The van der Waals surface area contributed by atoms with Crippen LogP contribution < -0.4 is 0 Å². The van der Waals surface area contributed by atoms with Crippen molar-refractivity contribution in [2.24, 2.45) is 0 Å². The fraction of sp³-hybridized carbons (Fsp3) is 0.409. The van der Waals surface area contributed by atoms with E-state index >= 15 is 0 Å². The number of amides is 1. The third-order valence-electron chi connectivity index (χ3n) is 5.02. The standard InChI is InChI=1S/C22H28N2O2/c1-26-18-8-13-23-14-16-24(17-15-23)22(25)21(19-9-4-2-5-10-19)20-11-6-3-7-12-20/h2-7,9-12,21H,8,13-18H2,1H3. The summed E-state index contributed by atoms with van der Waals surface area (Å²) < 4.78 is 5.13. The van der Waals surface area contributed by atoms with Crippen LogP contribution in [0, 0.1) is 0 Å². The maximum atomic E-state index is 13.4. The summed E-state index contributed by atoms with van der Waals surface area (Å²) in [6.45, 7) is 5.29. The van der Waals surface area contributed by atoms with Crippen LogP contribution in [0.15, 0.2) is 60.7 Å². The Morgan fingerprint density at radius 3 is 1.96 bits per heavy atom. The topological polar surface area (TPSA) is 32.8 Å². The third kappa shape index (κ3) is 4.71. The molecule has 0 unspecified atom stereocenters. The maximum Gasteiger partial charge on any atom is 0.234 e. The molecule has 0 saturated carbocycles. The second-order valence-corrected chi connectivity index (χ2v) is 6.77. The number of rotatable bonds is 7. The van der Waals surface area contributed by atoms with E-state index in [0.29, 0.717) is 0 Å². The van der Waals surface area contributed by atoms with Gasteiger partial charge in [0, 0.05) is 46.4 Å². The molecule has 138 valence electrons. The van der Waals surface area contributed by atoms with Crippen LogP contribution in [-0.2, 0) is 9.53 Å². The fourth-order valence-corrected chi connectivity index (χ4v) is 3.58. The molecule has 0 spiro atoms. The van der Waals surface area contributed by atoms with Crippen LogP contribution in [-0.4, -0.2) is 62.1 Å². The molecule has 26 heavy (non-hydrogen) atoms. The molecule has 0 aliphatic carbocycles. The van der Waals surface area contributed by atoms with Crippen molar-refractivity contribution in [3.8, 4) is 0 Å². The quantitative estimate of drug-likeness (QED) is 0.718. The first-order valence-corrected chi connectivity index (χ1v) is 9.39. The van der Waals surface area contributed by atoms with E-state index in [1.165, 1.54) is 0 Å². The lowest BCUT2D eigenvalue weighted by Crippen LogP contribution is -2.50. The minimum absolute atomic E-state index is 0.207. The second-order valence-electron chi connectivity index (χ2n) is 6.77. The molecule has 1 aliphatic rings. The third-order valence-corrected chi connectivity index (χ3v) is 5.02. The van der Waals surface area contributed by atoms with Gasteiger partial charge in [0.2, 0.25) is 5.91 Å². The predicted octanol–water partition coefficient (Wildman–Crippen LogP) is 3.00. The summed E-state index contributed by atoms with van der Waals surface area (Å²) >= 11 is 0. The molecule has 0 radical (unpaired) electrons. The molecule has 1 fully saturated rings. The molecule has 0 N–H and O–H groups in total. The first-order chi connectivity index (χ1) is 12.8. The first kappa shape index (κ1) is 18.6. The average Bonchev–Trinajstić information content (AvgIpc) is 2.70. The molecule has 1 heterocycles. The molecule has 0 bridgehead atoms. The van der Waals surface area contributed by atoms with Gasteiger partial charge in [-0.25, -0.2) is 0 Å². The Kier molecular flexibility index (Phi) is 6.81. The minimum atomic E-state index is -0.225. The van der Waals surface area contributed by atoms with E-state index in [9.17, 15) is 4.79 Å². The minimum Gasteiger partial charge on any atom is -0.385 e. The fourth-order valence-electron chi connectivity index (χ4n) is 3.58. The van der Waals surface area contributed by atoms with E-state index in [2.05, 4.69) is 29.2 Å². The number of methoxy groups -OCH3 is 1. The number of hydrogen-bond donors (Lipinski definition) is 0. The van der Waals surface area contributed by atoms with Crippen molar-refractivity contribution in [1.82, 2.24) is 9.80 Å². The van der Waals surface area contributed by atoms with Crippen molar-refractivity contribution in [3.05, 3.63) is 71.8 Å². The highest BCUT2D eigenvalue weighted by atomic mass is 16.5. The van der Waals surface area contributed by atoms with Crippen LogP contribution in [0.2, 0.25) is 0 Å². The van der Waals surface area contributed by atoms with Crippen LogP contribution in [0.4, 0.5) is 0 Å². The Morgan fingerprint density at radius 1 is 0.923 bits per heavy atom. The lowest BCUT2D eigenvalue weighted by molar-refractivity contribution is -0.133. The van der Waals surface area contributed by atoms with Gasteiger partial charge in [-0.1, -0.05) is 60.7 Å². The molecule has 4 nitrogen and oxygen atoms in total. The van der Waals surface area contributed by atoms with E-state index in [0.717, 1.165) is 56.9 Å². The molecular weight excluding hydrogens is 324 g/mol. The van der Waals surface area contributed by atoms with Gasteiger partial charge in [0.1, 0.15) is 0 Å².